The van der Waals surface area contributed by atoms with E-state index in [0.29, 0.717) is 29.6 Å². The lowest BCUT2D eigenvalue weighted by Gasteiger charge is -2.42. The van der Waals surface area contributed by atoms with Crippen LogP contribution in [-0.2, 0) is 6.54 Å². The maximum absolute atomic E-state index is 4.78. The fourth-order valence-electron chi connectivity index (χ4n) is 4.91. The molecule has 1 fully saturated rings. The highest BCUT2D eigenvalue weighted by molar-refractivity contribution is 5.81. The zero-order chi connectivity index (χ0) is 25.9. The minimum atomic E-state index is 0.382. The summed E-state index contributed by atoms with van der Waals surface area (Å²) in [5, 5.41) is 16.2. The van der Waals surface area contributed by atoms with Crippen LogP contribution in [0.25, 0.3) is 22.2 Å². The molecule has 1 N–H and O–H groups in total. The van der Waals surface area contributed by atoms with Crippen LogP contribution in [0.3, 0.4) is 0 Å². The summed E-state index contributed by atoms with van der Waals surface area (Å²) in [5.74, 6) is 1.78. The Labute approximate surface area is 218 Å². The van der Waals surface area contributed by atoms with Crippen LogP contribution in [0.4, 0.5) is 11.6 Å². The summed E-state index contributed by atoms with van der Waals surface area (Å²) in [6, 6.07) is 9.16. The molecule has 4 aromatic heterocycles. The zero-order valence-corrected chi connectivity index (χ0v) is 22.5. The monoisotopic (exact) mass is 499 g/mol. The van der Waals surface area contributed by atoms with Crippen LogP contribution in [0.5, 0.6) is 0 Å². The van der Waals surface area contributed by atoms with Crippen LogP contribution < -0.4 is 5.32 Å². The molecule has 0 spiro atoms. The summed E-state index contributed by atoms with van der Waals surface area (Å²) < 4.78 is 2.04. The van der Waals surface area contributed by atoms with Gasteiger partial charge in [0.05, 0.1) is 23.4 Å². The van der Waals surface area contributed by atoms with E-state index < -0.39 is 0 Å². The Bertz CT molecular complexity index is 1340. The second-order valence-electron chi connectivity index (χ2n) is 10.6. The number of nitrogens with zero attached hydrogens (tertiary/aromatic N) is 8. The molecular weight excluding hydrogens is 462 g/mol. The van der Waals surface area contributed by atoms with Gasteiger partial charge in [-0.2, -0.15) is 10.2 Å². The van der Waals surface area contributed by atoms with Crippen LogP contribution in [-0.4, -0.2) is 78.5 Å². The number of pyridine rings is 2. The van der Waals surface area contributed by atoms with Gasteiger partial charge in [-0.15, -0.1) is 5.10 Å². The van der Waals surface area contributed by atoms with Crippen molar-refractivity contribution in [1.82, 2.24) is 39.7 Å². The average molecular weight is 500 g/mol. The normalized spacial score (nSPS) is 19.1. The van der Waals surface area contributed by atoms with E-state index in [9.17, 15) is 0 Å². The summed E-state index contributed by atoms with van der Waals surface area (Å²) in [6.45, 7) is 13.2. The SMILES string of the molecule is CC(C)c1cnnc(Nc2ccc3ncc(-c4cnn(CCCN5C[C@@H](C)N(C)[C@@H](C)C5)c4)cc3n2)c1. The first-order chi connectivity index (χ1) is 17.9. The Kier molecular flexibility index (Phi) is 7.43. The minimum absolute atomic E-state index is 0.382. The second kappa shape index (κ2) is 10.9. The van der Waals surface area contributed by atoms with Crippen molar-refractivity contribution in [3.8, 4) is 11.1 Å². The fourth-order valence-corrected chi connectivity index (χ4v) is 4.91. The summed E-state index contributed by atoms with van der Waals surface area (Å²) in [5.41, 5.74) is 4.85. The van der Waals surface area contributed by atoms with Gasteiger partial charge in [-0.05, 0) is 63.1 Å². The van der Waals surface area contributed by atoms with Crippen LogP contribution >= 0.6 is 0 Å². The number of nitrogens with one attached hydrogen (secondary N) is 1. The molecule has 2 atom stereocenters. The summed E-state index contributed by atoms with van der Waals surface area (Å²) >= 11 is 0. The summed E-state index contributed by atoms with van der Waals surface area (Å²) in [7, 11) is 2.23. The predicted molar refractivity (Wildman–Crippen MR) is 148 cm³/mol. The van der Waals surface area contributed by atoms with Gasteiger partial charge in [0.15, 0.2) is 5.82 Å². The molecule has 1 aliphatic rings. The van der Waals surface area contributed by atoms with Crippen LogP contribution in [0.2, 0.25) is 0 Å². The van der Waals surface area contributed by atoms with Gasteiger partial charge in [0.2, 0.25) is 0 Å². The Morgan fingerprint density at radius 2 is 1.76 bits per heavy atom. The number of aryl methyl sites for hydroxylation is 1. The largest absolute Gasteiger partial charge is 0.323 e. The number of anilines is 2. The number of aromatic nitrogens is 6. The number of fused-ring (bicyclic) bond motifs is 1. The van der Waals surface area contributed by atoms with Crippen molar-refractivity contribution in [2.45, 2.75) is 58.7 Å². The maximum Gasteiger partial charge on any atom is 0.154 e. The van der Waals surface area contributed by atoms with Gasteiger partial charge < -0.3 is 10.2 Å². The minimum Gasteiger partial charge on any atom is -0.323 e. The van der Waals surface area contributed by atoms with Gasteiger partial charge in [-0.25, -0.2) is 4.98 Å². The molecule has 194 valence electrons. The number of hydrogen-bond acceptors (Lipinski definition) is 8. The van der Waals surface area contributed by atoms with Gasteiger partial charge in [0.1, 0.15) is 5.82 Å². The fraction of sp³-hybridized carbons (Fsp3) is 0.464. The molecule has 37 heavy (non-hydrogen) atoms. The molecular formula is C28H37N9. The summed E-state index contributed by atoms with van der Waals surface area (Å²) in [6.07, 6.45) is 8.79. The Hall–Kier alpha value is -3.43. The highest BCUT2D eigenvalue weighted by atomic mass is 15.3. The van der Waals surface area contributed by atoms with Crippen molar-refractivity contribution in [1.29, 1.82) is 0 Å². The molecule has 0 saturated carbocycles. The van der Waals surface area contributed by atoms with Crippen molar-refractivity contribution in [2.24, 2.45) is 0 Å². The van der Waals surface area contributed by atoms with Crippen molar-refractivity contribution in [3.05, 3.63) is 54.6 Å². The van der Waals surface area contributed by atoms with Gasteiger partial charge >= 0.3 is 0 Å². The van der Waals surface area contributed by atoms with E-state index in [1.54, 1.807) is 6.20 Å². The van der Waals surface area contributed by atoms with Crippen molar-refractivity contribution in [3.63, 3.8) is 0 Å². The van der Waals surface area contributed by atoms with E-state index in [4.69, 9.17) is 4.98 Å². The lowest BCUT2D eigenvalue weighted by Crippen LogP contribution is -2.55. The van der Waals surface area contributed by atoms with E-state index in [0.717, 1.165) is 60.3 Å². The number of piperazine rings is 1. The topological polar surface area (TPSA) is 87.9 Å². The number of rotatable bonds is 8. The zero-order valence-electron chi connectivity index (χ0n) is 22.5. The maximum atomic E-state index is 4.78. The Morgan fingerprint density at radius 3 is 2.54 bits per heavy atom. The van der Waals surface area contributed by atoms with Crippen molar-refractivity contribution < 1.29 is 0 Å². The Balaban J connectivity index is 1.24. The first-order valence-electron chi connectivity index (χ1n) is 13.2. The van der Waals surface area contributed by atoms with E-state index >= 15 is 0 Å². The lowest BCUT2D eigenvalue weighted by atomic mass is 10.1. The molecule has 9 heteroatoms. The lowest BCUT2D eigenvalue weighted by molar-refractivity contribution is 0.0587. The third-order valence-corrected chi connectivity index (χ3v) is 7.40. The quantitative estimate of drug-likeness (QED) is 0.377. The number of hydrogen-bond donors (Lipinski definition) is 1. The molecule has 0 amide bonds. The molecule has 0 unspecified atom stereocenters. The standard InChI is InChI=1S/C28H37N9/c1-19(2)22-12-28(34-30-14-22)33-27-8-7-25-26(32-27)11-23(13-29-25)24-15-31-37(18-24)10-6-9-36-16-20(3)35(5)21(4)17-36/h7-8,11-15,18-21H,6,9-10,16-17H2,1-5H3,(H,32,33,34)/t20-,21+. The van der Waals surface area contributed by atoms with Crippen LogP contribution in [0.15, 0.2) is 49.1 Å². The Morgan fingerprint density at radius 1 is 0.946 bits per heavy atom. The van der Waals surface area contributed by atoms with E-state index in [1.807, 2.05) is 35.3 Å². The highest BCUT2D eigenvalue weighted by Crippen LogP contribution is 2.24. The second-order valence-corrected chi connectivity index (χ2v) is 10.6. The smallest absolute Gasteiger partial charge is 0.154 e. The molecule has 1 saturated heterocycles. The highest BCUT2D eigenvalue weighted by Gasteiger charge is 2.25. The summed E-state index contributed by atoms with van der Waals surface area (Å²) in [4.78, 5) is 14.5. The van der Waals surface area contributed by atoms with E-state index in [1.165, 1.54) is 0 Å². The molecule has 0 bridgehead atoms. The van der Waals surface area contributed by atoms with Crippen molar-refractivity contribution in [2.75, 3.05) is 32.0 Å². The van der Waals surface area contributed by atoms with Gasteiger partial charge in [0.25, 0.3) is 0 Å². The average Bonchev–Trinajstić information content (AvgIpc) is 3.36. The molecule has 5 heterocycles. The molecule has 5 rings (SSSR count). The first kappa shape index (κ1) is 25.2. The van der Waals surface area contributed by atoms with Crippen LogP contribution in [0, 0.1) is 0 Å². The third kappa shape index (κ3) is 5.94. The molecule has 0 aliphatic carbocycles. The van der Waals surface area contributed by atoms with Gasteiger partial charge in [0, 0.05) is 61.8 Å². The van der Waals surface area contributed by atoms with Gasteiger partial charge in [-0.1, -0.05) is 13.8 Å². The first-order valence-corrected chi connectivity index (χ1v) is 13.2. The molecule has 1 aliphatic heterocycles. The van der Waals surface area contributed by atoms with Crippen molar-refractivity contribution >= 4 is 22.7 Å². The molecule has 9 nitrogen and oxygen atoms in total. The molecule has 0 aromatic carbocycles. The van der Waals surface area contributed by atoms with Gasteiger partial charge in [-0.3, -0.25) is 14.6 Å². The number of likely N-dealkylation sites (N-methyl/N-ethyl adjacent to an activating group) is 1. The van der Waals surface area contributed by atoms with Crippen LogP contribution in [0.1, 0.15) is 45.6 Å². The molecule has 0 radical (unpaired) electrons. The van der Waals surface area contributed by atoms with E-state index in [-0.39, 0.29) is 0 Å². The third-order valence-electron chi connectivity index (χ3n) is 7.40. The molecule has 4 aromatic rings. The predicted octanol–water partition coefficient (Wildman–Crippen LogP) is 4.56. The van der Waals surface area contributed by atoms with E-state index in [2.05, 4.69) is 82.4 Å².